The van der Waals surface area contributed by atoms with Crippen LogP contribution in [0.2, 0.25) is 0 Å². The topological polar surface area (TPSA) is 64.8 Å². The first kappa shape index (κ1) is 14.3. The minimum absolute atomic E-state index is 0.0770. The van der Waals surface area contributed by atoms with Gasteiger partial charge in [-0.15, -0.1) is 0 Å². The molecule has 112 valence electrons. The van der Waals surface area contributed by atoms with E-state index in [-0.39, 0.29) is 11.6 Å². The Balaban J connectivity index is 1.70. The van der Waals surface area contributed by atoms with Crippen LogP contribution in [0.4, 0.5) is 16.0 Å². The molecular formula is C16H16FN5. The zero-order chi connectivity index (χ0) is 15.4. The third-order valence-corrected chi connectivity index (χ3v) is 3.76. The first-order valence-electron chi connectivity index (χ1n) is 7.24. The normalized spacial score (nSPS) is 17.8. The van der Waals surface area contributed by atoms with Gasteiger partial charge in [0.1, 0.15) is 11.9 Å². The Morgan fingerprint density at radius 3 is 2.86 bits per heavy atom. The molecule has 1 aromatic carbocycles. The van der Waals surface area contributed by atoms with Crippen molar-refractivity contribution in [3.8, 4) is 6.07 Å². The number of piperidine rings is 1. The number of aromatic nitrogens is 2. The Morgan fingerprint density at radius 2 is 2.14 bits per heavy atom. The average Bonchev–Trinajstić information content (AvgIpc) is 2.56. The van der Waals surface area contributed by atoms with Gasteiger partial charge >= 0.3 is 0 Å². The standard InChI is InChI=1S/C16H16FN5/c17-15-9-14(5-4-12(15)10-18)22-8-1-3-13(11-22)21-16-19-6-2-7-20-16/h2,4-7,9,13H,1,3,8,11H2,(H,19,20,21). The van der Waals surface area contributed by atoms with Crippen molar-refractivity contribution in [3.05, 3.63) is 48.0 Å². The molecule has 3 rings (SSSR count). The van der Waals surface area contributed by atoms with Gasteiger partial charge < -0.3 is 10.2 Å². The second-order valence-electron chi connectivity index (χ2n) is 5.28. The van der Waals surface area contributed by atoms with Gasteiger partial charge in [-0.05, 0) is 37.1 Å². The highest BCUT2D eigenvalue weighted by Gasteiger charge is 2.21. The molecular weight excluding hydrogens is 281 g/mol. The highest BCUT2D eigenvalue weighted by atomic mass is 19.1. The number of halogens is 1. The molecule has 22 heavy (non-hydrogen) atoms. The van der Waals surface area contributed by atoms with E-state index < -0.39 is 5.82 Å². The molecule has 1 aliphatic rings. The summed E-state index contributed by atoms with van der Waals surface area (Å²) in [7, 11) is 0. The van der Waals surface area contributed by atoms with Gasteiger partial charge in [0.05, 0.1) is 5.56 Å². The number of benzene rings is 1. The largest absolute Gasteiger partial charge is 0.369 e. The second-order valence-corrected chi connectivity index (χ2v) is 5.28. The molecule has 0 bridgehead atoms. The van der Waals surface area contributed by atoms with Gasteiger partial charge in [-0.3, -0.25) is 0 Å². The predicted molar refractivity (Wildman–Crippen MR) is 82.0 cm³/mol. The van der Waals surface area contributed by atoms with Crippen molar-refractivity contribution in [2.45, 2.75) is 18.9 Å². The lowest BCUT2D eigenvalue weighted by Crippen LogP contribution is -2.42. The maximum absolute atomic E-state index is 13.8. The minimum atomic E-state index is -0.471. The maximum Gasteiger partial charge on any atom is 0.222 e. The number of nitriles is 1. The van der Waals surface area contributed by atoms with Gasteiger partial charge in [0.15, 0.2) is 0 Å². The van der Waals surface area contributed by atoms with E-state index in [1.165, 1.54) is 12.1 Å². The van der Waals surface area contributed by atoms with Gasteiger partial charge in [-0.2, -0.15) is 5.26 Å². The van der Waals surface area contributed by atoms with Crippen LogP contribution in [0, 0.1) is 17.1 Å². The van der Waals surface area contributed by atoms with E-state index in [1.807, 2.05) is 6.07 Å². The van der Waals surface area contributed by atoms with Gasteiger partial charge in [0, 0.05) is 37.2 Å². The van der Waals surface area contributed by atoms with Crippen molar-refractivity contribution in [3.63, 3.8) is 0 Å². The molecule has 0 aliphatic carbocycles. The lowest BCUT2D eigenvalue weighted by atomic mass is 10.0. The maximum atomic E-state index is 13.8. The first-order valence-corrected chi connectivity index (χ1v) is 7.24. The molecule has 1 unspecified atom stereocenters. The molecule has 1 N–H and O–H groups in total. The van der Waals surface area contributed by atoms with Gasteiger partial charge in [-0.25, -0.2) is 14.4 Å². The van der Waals surface area contributed by atoms with Crippen LogP contribution < -0.4 is 10.2 Å². The number of hydrogen-bond acceptors (Lipinski definition) is 5. The molecule has 6 heteroatoms. The van der Waals surface area contributed by atoms with Crippen molar-refractivity contribution in [2.24, 2.45) is 0 Å². The van der Waals surface area contributed by atoms with Crippen LogP contribution in [-0.2, 0) is 0 Å². The summed E-state index contributed by atoms with van der Waals surface area (Å²) in [5.41, 5.74) is 0.880. The van der Waals surface area contributed by atoms with Crippen LogP contribution in [0.15, 0.2) is 36.7 Å². The van der Waals surface area contributed by atoms with E-state index in [0.717, 1.165) is 31.6 Å². The Kier molecular flexibility index (Phi) is 4.15. The number of anilines is 2. The molecule has 0 radical (unpaired) electrons. The Morgan fingerprint density at radius 1 is 1.32 bits per heavy atom. The SMILES string of the molecule is N#Cc1ccc(N2CCCC(Nc3ncccn3)C2)cc1F. The minimum Gasteiger partial charge on any atom is -0.369 e. The Labute approximate surface area is 128 Å². The third kappa shape index (κ3) is 3.14. The van der Waals surface area contributed by atoms with E-state index in [2.05, 4.69) is 20.2 Å². The summed E-state index contributed by atoms with van der Waals surface area (Å²) in [6.07, 6.45) is 5.43. The van der Waals surface area contributed by atoms with Crippen molar-refractivity contribution in [1.29, 1.82) is 5.26 Å². The summed E-state index contributed by atoms with van der Waals surface area (Å²) >= 11 is 0. The molecule has 1 atom stereocenters. The smallest absolute Gasteiger partial charge is 0.222 e. The van der Waals surface area contributed by atoms with Crippen LogP contribution >= 0.6 is 0 Å². The fourth-order valence-electron chi connectivity index (χ4n) is 2.68. The van der Waals surface area contributed by atoms with Gasteiger partial charge in [0.25, 0.3) is 0 Å². The zero-order valence-corrected chi connectivity index (χ0v) is 12.0. The van der Waals surface area contributed by atoms with Crippen LogP contribution in [0.25, 0.3) is 0 Å². The fourth-order valence-corrected chi connectivity index (χ4v) is 2.68. The molecule has 1 aliphatic heterocycles. The summed E-state index contributed by atoms with van der Waals surface area (Å²) < 4.78 is 13.8. The fraction of sp³-hybridized carbons (Fsp3) is 0.312. The summed E-state index contributed by atoms with van der Waals surface area (Å²) in [6.45, 7) is 1.63. The quantitative estimate of drug-likeness (QED) is 0.943. The number of nitrogens with one attached hydrogen (secondary N) is 1. The van der Waals surface area contributed by atoms with Crippen LogP contribution in [0.3, 0.4) is 0 Å². The second kappa shape index (κ2) is 6.39. The number of hydrogen-bond donors (Lipinski definition) is 1. The van der Waals surface area contributed by atoms with Crippen molar-refractivity contribution in [2.75, 3.05) is 23.3 Å². The Bertz CT molecular complexity index is 683. The summed E-state index contributed by atoms with van der Waals surface area (Å²) in [6, 6.07) is 8.59. The van der Waals surface area contributed by atoms with Gasteiger partial charge in [0.2, 0.25) is 5.95 Å². The van der Waals surface area contributed by atoms with Crippen molar-refractivity contribution in [1.82, 2.24) is 9.97 Å². The predicted octanol–water partition coefficient (Wildman–Crippen LogP) is 2.57. The lowest BCUT2D eigenvalue weighted by molar-refractivity contribution is 0.526. The zero-order valence-electron chi connectivity index (χ0n) is 12.0. The van der Waals surface area contributed by atoms with Crippen LogP contribution in [-0.4, -0.2) is 29.1 Å². The molecule has 1 saturated heterocycles. The van der Waals surface area contributed by atoms with Crippen LogP contribution in [0.5, 0.6) is 0 Å². The molecule has 1 aromatic heterocycles. The van der Waals surface area contributed by atoms with E-state index in [9.17, 15) is 4.39 Å². The molecule has 2 heterocycles. The van der Waals surface area contributed by atoms with E-state index in [1.54, 1.807) is 24.5 Å². The summed E-state index contributed by atoms with van der Waals surface area (Å²) in [4.78, 5) is 10.5. The third-order valence-electron chi connectivity index (χ3n) is 3.76. The molecule has 2 aromatic rings. The van der Waals surface area contributed by atoms with Gasteiger partial charge in [-0.1, -0.05) is 0 Å². The number of nitrogens with zero attached hydrogens (tertiary/aromatic N) is 4. The Hall–Kier alpha value is -2.68. The van der Waals surface area contributed by atoms with Crippen molar-refractivity contribution >= 4 is 11.6 Å². The van der Waals surface area contributed by atoms with E-state index in [4.69, 9.17) is 5.26 Å². The molecule has 0 saturated carbocycles. The monoisotopic (exact) mass is 297 g/mol. The highest BCUT2D eigenvalue weighted by Crippen LogP contribution is 2.23. The van der Waals surface area contributed by atoms with Crippen molar-refractivity contribution < 1.29 is 4.39 Å². The lowest BCUT2D eigenvalue weighted by Gasteiger charge is -2.34. The molecule has 5 nitrogen and oxygen atoms in total. The average molecular weight is 297 g/mol. The first-order chi connectivity index (χ1) is 10.8. The van der Waals surface area contributed by atoms with Crippen LogP contribution in [0.1, 0.15) is 18.4 Å². The number of rotatable bonds is 3. The molecule has 0 amide bonds. The summed E-state index contributed by atoms with van der Waals surface area (Å²) in [5, 5.41) is 12.1. The molecule has 0 spiro atoms. The molecule has 1 fully saturated rings. The van der Waals surface area contributed by atoms with E-state index >= 15 is 0 Å². The van der Waals surface area contributed by atoms with E-state index in [0.29, 0.717) is 5.95 Å². The highest BCUT2D eigenvalue weighted by molar-refractivity contribution is 5.51. The summed E-state index contributed by atoms with van der Waals surface area (Å²) in [5.74, 6) is 0.141.